The van der Waals surface area contributed by atoms with Gasteiger partial charge in [-0.15, -0.1) is 0 Å². The van der Waals surface area contributed by atoms with Crippen LogP contribution in [-0.2, 0) is 4.79 Å². The number of anilines is 1. The SMILES string of the molecule is CCCN(CC)c1ccc(C(=O)N2CCC(C(=O)O)C2)cc1. The molecule has 1 N–H and O–H groups in total. The number of hydrogen-bond donors (Lipinski definition) is 1. The Bertz CT molecular complexity index is 527. The van der Waals surface area contributed by atoms with Crippen LogP contribution in [0.2, 0.25) is 0 Å². The third-order valence-corrected chi connectivity index (χ3v) is 4.18. The fourth-order valence-electron chi connectivity index (χ4n) is 2.88. The van der Waals surface area contributed by atoms with Crippen LogP contribution in [0.15, 0.2) is 24.3 Å². The van der Waals surface area contributed by atoms with Gasteiger partial charge in [0.25, 0.3) is 5.91 Å². The molecule has 1 heterocycles. The highest BCUT2D eigenvalue weighted by Crippen LogP contribution is 2.21. The average Bonchev–Trinajstić information content (AvgIpc) is 3.02. The summed E-state index contributed by atoms with van der Waals surface area (Å²) in [5, 5.41) is 9.01. The predicted octanol–water partition coefficient (Wildman–Crippen LogP) is 2.47. The lowest BCUT2D eigenvalue weighted by molar-refractivity contribution is -0.141. The van der Waals surface area contributed by atoms with E-state index in [1.54, 1.807) is 4.90 Å². The minimum Gasteiger partial charge on any atom is -0.481 e. The molecule has 0 spiro atoms. The second-order valence-electron chi connectivity index (χ2n) is 5.70. The van der Waals surface area contributed by atoms with E-state index in [1.165, 1.54) is 0 Å². The van der Waals surface area contributed by atoms with Crippen molar-refractivity contribution in [2.75, 3.05) is 31.1 Å². The van der Waals surface area contributed by atoms with Crippen molar-refractivity contribution in [1.29, 1.82) is 0 Å². The standard InChI is InChI=1S/C17H24N2O3/c1-3-10-18(4-2)15-7-5-13(6-8-15)16(20)19-11-9-14(12-19)17(21)22/h5-8,14H,3-4,9-12H2,1-2H3,(H,21,22). The Hall–Kier alpha value is -2.04. The van der Waals surface area contributed by atoms with E-state index >= 15 is 0 Å². The first kappa shape index (κ1) is 16.3. The molecular formula is C17H24N2O3. The van der Waals surface area contributed by atoms with Gasteiger partial charge in [-0.1, -0.05) is 6.92 Å². The third kappa shape index (κ3) is 3.59. The number of rotatable bonds is 6. The Balaban J connectivity index is 2.04. The van der Waals surface area contributed by atoms with Crippen molar-refractivity contribution in [3.05, 3.63) is 29.8 Å². The number of carboxylic acid groups (broad SMARTS) is 1. The highest BCUT2D eigenvalue weighted by atomic mass is 16.4. The zero-order chi connectivity index (χ0) is 16.1. The summed E-state index contributed by atoms with van der Waals surface area (Å²) in [6.07, 6.45) is 1.62. The topological polar surface area (TPSA) is 60.9 Å². The van der Waals surface area contributed by atoms with Crippen molar-refractivity contribution in [3.63, 3.8) is 0 Å². The van der Waals surface area contributed by atoms with E-state index < -0.39 is 11.9 Å². The number of carbonyl (C=O) groups is 2. The first-order chi connectivity index (χ1) is 10.6. The molecule has 120 valence electrons. The molecule has 1 unspecified atom stereocenters. The maximum absolute atomic E-state index is 12.4. The van der Waals surface area contributed by atoms with E-state index in [1.807, 2.05) is 24.3 Å². The normalized spacial score (nSPS) is 17.5. The minimum absolute atomic E-state index is 0.0751. The molecule has 1 aromatic carbocycles. The lowest BCUT2D eigenvalue weighted by Gasteiger charge is -2.23. The van der Waals surface area contributed by atoms with E-state index in [2.05, 4.69) is 18.7 Å². The van der Waals surface area contributed by atoms with Crippen molar-refractivity contribution in [2.45, 2.75) is 26.7 Å². The first-order valence-corrected chi connectivity index (χ1v) is 7.93. The van der Waals surface area contributed by atoms with Gasteiger partial charge in [0.05, 0.1) is 5.92 Å². The van der Waals surface area contributed by atoms with Crippen LogP contribution in [0.3, 0.4) is 0 Å². The van der Waals surface area contributed by atoms with Gasteiger partial charge >= 0.3 is 5.97 Å². The fourth-order valence-corrected chi connectivity index (χ4v) is 2.88. The zero-order valence-electron chi connectivity index (χ0n) is 13.3. The maximum Gasteiger partial charge on any atom is 0.308 e. The Morgan fingerprint density at radius 3 is 2.45 bits per heavy atom. The van der Waals surface area contributed by atoms with Crippen LogP contribution in [0.25, 0.3) is 0 Å². The number of nitrogens with zero attached hydrogens (tertiary/aromatic N) is 2. The van der Waals surface area contributed by atoms with Crippen molar-refractivity contribution in [2.24, 2.45) is 5.92 Å². The predicted molar refractivity (Wildman–Crippen MR) is 86.3 cm³/mol. The van der Waals surface area contributed by atoms with Crippen LogP contribution in [0.1, 0.15) is 37.0 Å². The lowest BCUT2D eigenvalue weighted by atomic mass is 10.1. The molecule has 22 heavy (non-hydrogen) atoms. The lowest BCUT2D eigenvalue weighted by Crippen LogP contribution is -2.30. The van der Waals surface area contributed by atoms with Crippen molar-refractivity contribution >= 4 is 17.6 Å². The highest BCUT2D eigenvalue weighted by Gasteiger charge is 2.31. The summed E-state index contributed by atoms with van der Waals surface area (Å²) in [6.45, 7) is 7.03. The highest BCUT2D eigenvalue weighted by molar-refractivity contribution is 5.95. The van der Waals surface area contributed by atoms with Gasteiger partial charge in [0.1, 0.15) is 0 Å². The molecule has 1 aromatic rings. The van der Waals surface area contributed by atoms with E-state index in [-0.39, 0.29) is 5.91 Å². The van der Waals surface area contributed by atoms with Crippen LogP contribution in [0, 0.1) is 5.92 Å². The van der Waals surface area contributed by atoms with Gasteiger partial charge in [0, 0.05) is 37.4 Å². The molecule has 2 rings (SSSR count). The molecule has 1 aliphatic heterocycles. The molecule has 0 saturated carbocycles. The first-order valence-electron chi connectivity index (χ1n) is 7.93. The van der Waals surface area contributed by atoms with Crippen LogP contribution in [-0.4, -0.2) is 48.1 Å². The van der Waals surface area contributed by atoms with Crippen LogP contribution >= 0.6 is 0 Å². The van der Waals surface area contributed by atoms with Gasteiger partial charge in [0.2, 0.25) is 0 Å². The molecule has 0 bridgehead atoms. The summed E-state index contributed by atoms with van der Waals surface area (Å²) in [6, 6.07) is 7.61. The third-order valence-electron chi connectivity index (χ3n) is 4.18. The van der Waals surface area contributed by atoms with E-state index in [4.69, 9.17) is 5.11 Å². The largest absolute Gasteiger partial charge is 0.481 e. The summed E-state index contributed by atoms with van der Waals surface area (Å²) < 4.78 is 0. The monoisotopic (exact) mass is 304 g/mol. The van der Waals surface area contributed by atoms with Crippen molar-refractivity contribution in [3.8, 4) is 0 Å². The van der Waals surface area contributed by atoms with Crippen LogP contribution in [0.4, 0.5) is 5.69 Å². The number of hydrogen-bond acceptors (Lipinski definition) is 3. The quantitative estimate of drug-likeness (QED) is 0.877. The van der Waals surface area contributed by atoms with Gasteiger partial charge in [-0.05, 0) is 44.0 Å². The van der Waals surface area contributed by atoms with Gasteiger partial charge in [-0.25, -0.2) is 0 Å². The number of aliphatic carboxylic acids is 1. The number of amides is 1. The average molecular weight is 304 g/mol. The Morgan fingerprint density at radius 1 is 1.27 bits per heavy atom. The summed E-state index contributed by atoms with van der Waals surface area (Å²) in [4.78, 5) is 27.3. The molecule has 5 nitrogen and oxygen atoms in total. The Labute approximate surface area is 131 Å². The molecule has 1 amide bonds. The molecule has 1 saturated heterocycles. The number of benzene rings is 1. The molecule has 5 heteroatoms. The number of likely N-dealkylation sites (tertiary alicyclic amines) is 1. The molecular weight excluding hydrogens is 280 g/mol. The molecule has 0 aromatic heterocycles. The Kier molecular flexibility index (Phi) is 5.41. The summed E-state index contributed by atoms with van der Waals surface area (Å²) in [7, 11) is 0. The van der Waals surface area contributed by atoms with E-state index in [9.17, 15) is 9.59 Å². The maximum atomic E-state index is 12.4. The van der Waals surface area contributed by atoms with Gasteiger partial charge < -0.3 is 14.9 Å². The summed E-state index contributed by atoms with van der Waals surface area (Å²) in [5.41, 5.74) is 1.74. The van der Waals surface area contributed by atoms with Crippen LogP contribution < -0.4 is 4.90 Å². The summed E-state index contributed by atoms with van der Waals surface area (Å²) in [5.74, 6) is -1.32. The number of carboxylic acids is 1. The van der Waals surface area contributed by atoms with Gasteiger partial charge in [0.15, 0.2) is 0 Å². The van der Waals surface area contributed by atoms with Crippen LogP contribution in [0.5, 0.6) is 0 Å². The second-order valence-corrected chi connectivity index (χ2v) is 5.70. The van der Waals surface area contributed by atoms with E-state index in [0.29, 0.717) is 25.1 Å². The minimum atomic E-state index is -0.816. The smallest absolute Gasteiger partial charge is 0.308 e. The Morgan fingerprint density at radius 2 is 1.95 bits per heavy atom. The number of carbonyl (C=O) groups excluding carboxylic acids is 1. The molecule has 0 radical (unpaired) electrons. The molecule has 1 aliphatic rings. The van der Waals surface area contributed by atoms with Gasteiger partial charge in [-0.3, -0.25) is 9.59 Å². The fraction of sp³-hybridized carbons (Fsp3) is 0.529. The zero-order valence-corrected chi connectivity index (χ0v) is 13.3. The second kappa shape index (κ2) is 7.29. The summed E-state index contributed by atoms with van der Waals surface area (Å²) >= 11 is 0. The molecule has 0 aliphatic carbocycles. The van der Waals surface area contributed by atoms with Crippen molar-refractivity contribution < 1.29 is 14.7 Å². The van der Waals surface area contributed by atoms with E-state index in [0.717, 1.165) is 25.2 Å². The molecule has 1 atom stereocenters. The van der Waals surface area contributed by atoms with Crippen molar-refractivity contribution in [1.82, 2.24) is 4.90 Å². The molecule has 1 fully saturated rings. The van der Waals surface area contributed by atoms with Gasteiger partial charge in [-0.2, -0.15) is 0 Å².